The zero-order chi connectivity index (χ0) is 10.9. The molecule has 0 aliphatic heterocycles. The standard InChI is InChI=1S/C9H23NO3Si.Zr/c1-4-11-14(12-5-2,13-6-3)9-7-8-10;/h4-10H2,1-3H3;. The van der Waals surface area contributed by atoms with Gasteiger partial charge in [0.25, 0.3) is 0 Å². The van der Waals surface area contributed by atoms with Crippen molar-refractivity contribution >= 4 is 8.80 Å². The Morgan fingerprint density at radius 3 is 1.60 bits per heavy atom. The van der Waals surface area contributed by atoms with E-state index in [4.69, 9.17) is 19.0 Å². The molecule has 2 N–H and O–H groups in total. The van der Waals surface area contributed by atoms with Crippen molar-refractivity contribution in [2.75, 3.05) is 26.4 Å². The summed E-state index contributed by atoms with van der Waals surface area (Å²) in [4.78, 5) is 0. The van der Waals surface area contributed by atoms with Crippen molar-refractivity contribution in [1.82, 2.24) is 0 Å². The van der Waals surface area contributed by atoms with Gasteiger partial charge in [0.15, 0.2) is 0 Å². The number of nitrogens with two attached hydrogens (primary N) is 1. The van der Waals surface area contributed by atoms with Gasteiger partial charge in [-0.2, -0.15) is 0 Å². The summed E-state index contributed by atoms with van der Waals surface area (Å²) < 4.78 is 17.0. The summed E-state index contributed by atoms with van der Waals surface area (Å²) in [6, 6.07) is 0.818. The van der Waals surface area contributed by atoms with Crippen molar-refractivity contribution in [1.29, 1.82) is 0 Å². The second-order valence-corrected chi connectivity index (χ2v) is 5.61. The van der Waals surface area contributed by atoms with E-state index in [0.717, 1.165) is 12.5 Å². The molecule has 0 aliphatic rings. The first-order valence-electron chi connectivity index (χ1n) is 5.36. The molecule has 0 saturated heterocycles. The molecule has 15 heavy (non-hydrogen) atoms. The normalized spacial score (nSPS) is 11.2. The molecule has 0 heterocycles. The van der Waals surface area contributed by atoms with Crippen LogP contribution < -0.4 is 5.73 Å². The zero-order valence-corrected chi connectivity index (χ0v) is 13.5. The molecule has 0 saturated carbocycles. The van der Waals surface area contributed by atoms with E-state index in [2.05, 4.69) is 0 Å². The van der Waals surface area contributed by atoms with Gasteiger partial charge in [-0.25, -0.2) is 0 Å². The smallest absolute Gasteiger partial charge is 0.374 e. The van der Waals surface area contributed by atoms with Crippen molar-refractivity contribution in [3.05, 3.63) is 0 Å². The third-order valence-corrected chi connectivity index (χ3v) is 4.93. The summed E-state index contributed by atoms with van der Waals surface area (Å²) in [5.74, 6) is 0. The van der Waals surface area contributed by atoms with E-state index in [9.17, 15) is 0 Å². The second kappa shape index (κ2) is 11.4. The summed E-state index contributed by atoms with van der Waals surface area (Å²) in [7, 11) is -2.40. The third kappa shape index (κ3) is 7.77. The fraction of sp³-hybridized carbons (Fsp3) is 1.00. The SMILES string of the molecule is CCO[Si](CCCN)(OCC)OCC.[Zr]. The van der Waals surface area contributed by atoms with Crippen molar-refractivity contribution in [2.24, 2.45) is 5.73 Å². The Bertz CT molecular complexity index is 124. The second-order valence-electron chi connectivity index (χ2n) is 2.87. The van der Waals surface area contributed by atoms with Gasteiger partial charge in [-0.15, -0.1) is 0 Å². The summed E-state index contributed by atoms with van der Waals surface area (Å²) in [5, 5.41) is 0. The van der Waals surface area contributed by atoms with Crippen LogP contribution in [0.1, 0.15) is 27.2 Å². The van der Waals surface area contributed by atoms with Crippen LogP contribution in [0.5, 0.6) is 0 Å². The minimum absolute atomic E-state index is 0. The van der Waals surface area contributed by atoms with Crippen molar-refractivity contribution < 1.29 is 39.5 Å². The van der Waals surface area contributed by atoms with Crippen LogP contribution in [0, 0.1) is 0 Å². The fourth-order valence-electron chi connectivity index (χ4n) is 1.32. The molecule has 0 rings (SSSR count). The summed E-state index contributed by atoms with van der Waals surface area (Å²) >= 11 is 0. The molecule has 0 aromatic carbocycles. The van der Waals surface area contributed by atoms with Gasteiger partial charge in [0.1, 0.15) is 0 Å². The molecular formula is C9H23NO3SiZr. The molecule has 0 aromatic rings. The van der Waals surface area contributed by atoms with Gasteiger partial charge in [-0.1, -0.05) is 0 Å². The van der Waals surface area contributed by atoms with E-state index in [-0.39, 0.29) is 26.2 Å². The molecule has 0 bridgehead atoms. The molecule has 0 aliphatic carbocycles. The van der Waals surface area contributed by atoms with Gasteiger partial charge < -0.3 is 19.0 Å². The van der Waals surface area contributed by atoms with E-state index in [1.54, 1.807) is 0 Å². The molecule has 0 radical (unpaired) electrons. The molecule has 0 fully saturated rings. The van der Waals surface area contributed by atoms with Crippen LogP contribution in [0.4, 0.5) is 0 Å². The van der Waals surface area contributed by atoms with Crippen LogP contribution in [-0.4, -0.2) is 35.2 Å². The molecule has 0 unspecified atom stereocenters. The molecule has 0 amide bonds. The Morgan fingerprint density at radius 2 is 1.33 bits per heavy atom. The average molecular weight is 313 g/mol. The van der Waals surface area contributed by atoms with Crippen molar-refractivity contribution in [3.8, 4) is 0 Å². The largest absolute Gasteiger partial charge is 0.500 e. The van der Waals surface area contributed by atoms with Gasteiger partial charge in [-0.3, -0.25) is 0 Å². The maximum atomic E-state index is 5.65. The Hall–Kier alpha value is 0.940. The van der Waals surface area contributed by atoms with Crippen molar-refractivity contribution in [2.45, 2.75) is 33.2 Å². The van der Waals surface area contributed by atoms with E-state index in [1.165, 1.54) is 0 Å². The maximum absolute atomic E-state index is 5.65. The molecule has 0 aromatic heterocycles. The number of hydrogen-bond acceptors (Lipinski definition) is 4. The molecule has 90 valence electrons. The Kier molecular flexibility index (Phi) is 13.9. The van der Waals surface area contributed by atoms with Crippen LogP contribution in [0.15, 0.2) is 0 Å². The van der Waals surface area contributed by atoms with Gasteiger partial charge in [0, 0.05) is 52.1 Å². The number of rotatable bonds is 9. The molecule has 0 atom stereocenters. The molecule has 0 spiro atoms. The Morgan fingerprint density at radius 1 is 0.933 bits per heavy atom. The minimum atomic E-state index is -2.40. The Labute approximate surface area is 113 Å². The van der Waals surface area contributed by atoms with Gasteiger partial charge >= 0.3 is 8.80 Å². The first-order valence-corrected chi connectivity index (χ1v) is 7.29. The fourth-order valence-corrected chi connectivity index (χ4v) is 3.96. The summed E-state index contributed by atoms with van der Waals surface area (Å²) in [6.07, 6.45) is 0.895. The predicted octanol–water partition coefficient (Wildman–Crippen LogP) is 1.38. The minimum Gasteiger partial charge on any atom is -0.374 e. The maximum Gasteiger partial charge on any atom is 0.500 e. The predicted molar refractivity (Wildman–Crippen MR) is 59.1 cm³/mol. The molecule has 6 heteroatoms. The summed E-state index contributed by atoms with van der Waals surface area (Å²) in [5.41, 5.74) is 5.48. The first kappa shape index (κ1) is 18.3. The Balaban J connectivity index is 0. The van der Waals surface area contributed by atoms with Crippen LogP contribution in [0.25, 0.3) is 0 Å². The van der Waals surface area contributed by atoms with E-state index < -0.39 is 8.80 Å². The van der Waals surface area contributed by atoms with Gasteiger partial charge in [0.2, 0.25) is 0 Å². The third-order valence-electron chi connectivity index (χ3n) is 1.78. The van der Waals surface area contributed by atoms with Crippen molar-refractivity contribution in [3.63, 3.8) is 0 Å². The number of hydrogen-bond donors (Lipinski definition) is 1. The van der Waals surface area contributed by atoms with Crippen LogP contribution in [-0.2, 0) is 39.5 Å². The monoisotopic (exact) mass is 311 g/mol. The molecular weight excluding hydrogens is 289 g/mol. The first-order chi connectivity index (χ1) is 6.74. The van der Waals surface area contributed by atoms with Crippen LogP contribution in [0.2, 0.25) is 6.04 Å². The quantitative estimate of drug-likeness (QED) is 0.654. The van der Waals surface area contributed by atoms with Gasteiger partial charge in [-0.05, 0) is 33.7 Å². The zero-order valence-electron chi connectivity index (χ0n) is 10.0. The topological polar surface area (TPSA) is 53.7 Å². The van der Waals surface area contributed by atoms with E-state index in [1.807, 2.05) is 20.8 Å². The summed E-state index contributed by atoms with van der Waals surface area (Å²) in [6.45, 7) is 8.44. The van der Waals surface area contributed by atoms with E-state index >= 15 is 0 Å². The van der Waals surface area contributed by atoms with Crippen LogP contribution >= 0.6 is 0 Å². The average Bonchev–Trinajstić information content (AvgIpc) is 2.16. The van der Waals surface area contributed by atoms with Gasteiger partial charge in [0.05, 0.1) is 0 Å². The van der Waals surface area contributed by atoms with Crippen LogP contribution in [0.3, 0.4) is 0 Å². The molecule has 4 nitrogen and oxygen atoms in total. The van der Waals surface area contributed by atoms with E-state index in [0.29, 0.717) is 26.4 Å².